The molecule has 0 aliphatic heterocycles. The fourth-order valence-corrected chi connectivity index (χ4v) is 2.59. The zero-order chi connectivity index (χ0) is 15.8. The standard InChI is InChI=1S/C17H27FN4/c1-3-22(16-7-8-16)12-11-21-17(19-2)20-10-9-14-5-4-6-15(18)13-14/h4-6,13,16H,3,7-12H2,1-2H3,(H2,19,20,21). The second-order valence-electron chi connectivity index (χ2n) is 5.67. The molecular weight excluding hydrogens is 279 g/mol. The van der Waals surface area contributed by atoms with Crippen LogP contribution in [0, 0.1) is 5.82 Å². The molecule has 0 radical (unpaired) electrons. The molecule has 1 fully saturated rings. The van der Waals surface area contributed by atoms with E-state index < -0.39 is 0 Å². The molecule has 4 nitrogen and oxygen atoms in total. The van der Waals surface area contributed by atoms with Crippen LogP contribution < -0.4 is 10.6 Å². The Hall–Kier alpha value is -1.62. The zero-order valence-electron chi connectivity index (χ0n) is 13.6. The van der Waals surface area contributed by atoms with E-state index in [0.29, 0.717) is 0 Å². The van der Waals surface area contributed by atoms with Gasteiger partial charge in [-0.25, -0.2) is 4.39 Å². The lowest BCUT2D eigenvalue weighted by Gasteiger charge is -2.20. The average Bonchev–Trinajstić information content (AvgIpc) is 3.34. The summed E-state index contributed by atoms with van der Waals surface area (Å²) in [5.41, 5.74) is 0.994. The molecule has 22 heavy (non-hydrogen) atoms. The lowest BCUT2D eigenvalue weighted by molar-refractivity contribution is 0.282. The van der Waals surface area contributed by atoms with Crippen molar-refractivity contribution in [2.24, 2.45) is 4.99 Å². The molecule has 0 saturated heterocycles. The number of hydrogen-bond acceptors (Lipinski definition) is 2. The molecule has 1 saturated carbocycles. The van der Waals surface area contributed by atoms with Gasteiger partial charge in [0.1, 0.15) is 5.82 Å². The first-order chi connectivity index (χ1) is 10.7. The van der Waals surface area contributed by atoms with Gasteiger partial charge in [-0.15, -0.1) is 0 Å². The zero-order valence-corrected chi connectivity index (χ0v) is 13.6. The van der Waals surface area contributed by atoms with E-state index in [4.69, 9.17) is 0 Å². The fraction of sp³-hybridized carbons (Fsp3) is 0.588. The molecule has 0 heterocycles. The van der Waals surface area contributed by atoms with Crippen molar-refractivity contribution in [3.63, 3.8) is 0 Å². The Balaban J connectivity index is 1.64. The highest BCUT2D eigenvalue weighted by Gasteiger charge is 2.27. The van der Waals surface area contributed by atoms with Crippen LogP contribution in [0.25, 0.3) is 0 Å². The van der Waals surface area contributed by atoms with E-state index in [1.807, 2.05) is 6.07 Å². The summed E-state index contributed by atoms with van der Waals surface area (Å²) in [5, 5.41) is 6.61. The Morgan fingerprint density at radius 2 is 2.09 bits per heavy atom. The van der Waals surface area contributed by atoms with Gasteiger partial charge in [-0.05, 0) is 43.5 Å². The fourth-order valence-electron chi connectivity index (χ4n) is 2.59. The molecule has 1 aliphatic rings. The summed E-state index contributed by atoms with van der Waals surface area (Å²) in [6.07, 6.45) is 3.46. The first kappa shape index (κ1) is 16.7. The molecule has 0 unspecified atom stereocenters. The second kappa shape index (κ2) is 8.73. The average molecular weight is 306 g/mol. The second-order valence-corrected chi connectivity index (χ2v) is 5.67. The van der Waals surface area contributed by atoms with E-state index in [1.165, 1.54) is 18.9 Å². The number of benzene rings is 1. The number of guanidine groups is 1. The number of halogens is 1. The molecule has 2 N–H and O–H groups in total. The summed E-state index contributed by atoms with van der Waals surface area (Å²) in [7, 11) is 1.77. The molecule has 5 heteroatoms. The van der Waals surface area contributed by atoms with E-state index >= 15 is 0 Å². The van der Waals surface area contributed by atoms with Crippen LogP contribution in [0.1, 0.15) is 25.3 Å². The van der Waals surface area contributed by atoms with Crippen LogP contribution in [0.5, 0.6) is 0 Å². The van der Waals surface area contributed by atoms with Gasteiger partial charge in [-0.2, -0.15) is 0 Å². The van der Waals surface area contributed by atoms with Crippen molar-refractivity contribution < 1.29 is 4.39 Å². The first-order valence-corrected chi connectivity index (χ1v) is 8.16. The minimum absolute atomic E-state index is 0.181. The van der Waals surface area contributed by atoms with Crippen molar-refractivity contribution in [2.75, 3.05) is 33.2 Å². The summed E-state index contributed by atoms with van der Waals surface area (Å²) in [6.45, 7) is 6.00. The van der Waals surface area contributed by atoms with E-state index in [1.54, 1.807) is 19.2 Å². The third-order valence-electron chi connectivity index (χ3n) is 3.98. The maximum absolute atomic E-state index is 13.1. The van der Waals surface area contributed by atoms with Gasteiger partial charge in [0, 0.05) is 32.7 Å². The molecule has 1 aliphatic carbocycles. The van der Waals surface area contributed by atoms with Crippen LogP contribution in [-0.2, 0) is 6.42 Å². The molecular formula is C17H27FN4. The molecule has 1 aromatic carbocycles. The predicted octanol–water partition coefficient (Wildman–Crippen LogP) is 2.02. The van der Waals surface area contributed by atoms with Crippen molar-refractivity contribution in [3.05, 3.63) is 35.6 Å². The quantitative estimate of drug-likeness (QED) is 0.570. The highest BCUT2D eigenvalue weighted by molar-refractivity contribution is 5.79. The van der Waals surface area contributed by atoms with Crippen molar-refractivity contribution >= 4 is 5.96 Å². The SMILES string of the molecule is CCN(CCNC(=NC)NCCc1cccc(F)c1)C1CC1. The molecule has 122 valence electrons. The van der Waals surface area contributed by atoms with E-state index in [2.05, 4.69) is 27.4 Å². The molecule has 0 aromatic heterocycles. The van der Waals surface area contributed by atoms with Gasteiger partial charge < -0.3 is 10.6 Å². The summed E-state index contributed by atoms with van der Waals surface area (Å²) in [5.74, 6) is 0.628. The maximum Gasteiger partial charge on any atom is 0.191 e. The van der Waals surface area contributed by atoms with Gasteiger partial charge >= 0.3 is 0 Å². The summed E-state index contributed by atoms with van der Waals surface area (Å²) in [4.78, 5) is 6.73. The molecule has 0 bridgehead atoms. The number of nitrogens with one attached hydrogen (secondary N) is 2. The number of likely N-dealkylation sites (N-methyl/N-ethyl adjacent to an activating group) is 1. The Kier molecular flexibility index (Phi) is 6.65. The van der Waals surface area contributed by atoms with Crippen LogP contribution in [0.4, 0.5) is 4.39 Å². The lowest BCUT2D eigenvalue weighted by atomic mass is 10.1. The molecule has 2 rings (SSSR count). The number of rotatable bonds is 8. The number of hydrogen-bond donors (Lipinski definition) is 2. The van der Waals surface area contributed by atoms with Gasteiger partial charge in [0.05, 0.1) is 0 Å². The van der Waals surface area contributed by atoms with Crippen LogP contribution in [0.15, 0.2) is 29.3 Å². The van der Waals surface area contributed by atoms with Gasteiger partial charge in [0.25, 0.3) is 0 Å². The number of aliphatic imine (C=N–C) groups is 1. The minimum atomic E-state index is -0.181. The van der Waals surface area contributed by atoms with Crippen LogP contribution in [0.3, 0.4) is 0 Å². The molecule has 0 atom stereocenters. The normalized spacial score (nSPS) is 15.2. The van der Waals surface area contributed by atoms with E-state index in [-0.39, 0.29) is 5.82 Å². The van der Waals surface area contributed by atoms with Gasteiger partial charge in [0.2, 0.25) is 0 Å². The van der Waals surface area contributed by atoms with Gasteiger partial charge in [-0.1, -0.05) is 19.1 Å². The highest BCUT2D eigenvalue weighted by atomic mass is 19.1. The largest absolute Gasteiger partial charge is 0.356 e. The van der Waals surface area contributed by atoms with Crippen molar-refractivity contribution in [2.45, 2.75) is 32.2 Å². The molecule has 1 aromatic rings. The van der Waals surface area contributed by atoms with E-state index in [9.17, 15) is 4.39 Å². The van der Waals surface area contributed by atoms with Crippen molar-refractivity contribution in [1.29, 1.82) is 0 Å². The third-order valence-corrected chi connectivity index (χ3v) is 3.98. The first-order valence-electron chi connectivity index (χ1n) is 8.16. The highest BCUT2D eigenvalue weighted by Crippen LogP contribution is 2.25. The topological polar surface area (TPSA) is 39.7 Å². The predicted molar refractivity (Wildman–Crippen MR) is 89.7 cm³/mol. The maximum atomic E-state index is 13.1. The smallest absolute Gasteiger partial charge is 0.191 e. The van der Waals surface area contributed by atoms with E-state index in [0.717, 1.165) is 50.2 Å². The minimum Gasteiger partial charge on any atom is -0.356 e. The van der Waals surface area contributed by atoms with Gasteiger partial charge in [0.15, 0.2) is 5.96 Å². The van der Waals surface area contributed by atoms with Crippen LogP contribution in [0.2, 0.25) is 0 Å². The number of nitrogens with zero attached hydrogens (tertiary/aromatic N) is 2. The Labute approximate surface area is 132 Å². The summed E-state index contributed by atoms with van der Waals surface area (Å²) < 4.78 is 13.1. The Bertz CT molecular complexity index is 485. The lowest BCUT2D eigenvalue weighted by Crippen LogP contribution is -2.42. The van der Waals surface area contributed by atoms with Crippen LogP contribution in [-0.4, -0.2) is 50.1 Å². The molecule has 0 amide bonds. The third kappa shape index (κ3) is 5.64. The van der Waals surface area contributed by atoms with Crippen molar-refractivity contribution in [1.82, 2.24) is 15.5 Å². The van der Waals surface area contributed by atoms with Crippen molar-refractivity contribution in [3.8, 4) is 0 Å². The Morgan fingerprint density at radius 1 is 1.32 bits per heavy atom. The summed E-state index contributed by atoms with van der Waals surface area (Å²) in [6, 6.07) is 7.53. The monoisotopic (exact) mass is 306 g/mol. The Morgan fingerprint density at radius 3 is 2.73 bits per heavy atom. The van der Waals surface area contributed by atoms with Crippen LogP contribution >= 0.6 is 0 Å². The molecule has 0 spiro atoms. The summed E-state index contributed by atoms with van der Waals surface area (Å²) >= 11 is 0. The van der Waals surface area contributed by atoms with Gasteiger partial charge in [-0.3, -0.25) is 9.89 Å².